The van der Waals surface area contributed by atoms with Gasteiger partial charge in [-0.2, -0.15) is 33.6 Å². The first-order chi connectivity index (χ1) is 30.6. The highest BCUT2D eigenvalue weighted by atomic mass is 32.2. The topological polar surface area (TPSA) is 263 Å². The molecule has 0 fully saturated rings. The van der Waals surface area contributed by atoms with E-state index >= 15 is 0 Å². The number of aryl methyl sites for hydroxylation is 2. The van der Waals surface area contributed by atoms with Crippen LogP contribution in [0, 0.1) is 13.8 Å². The maximum atomic E-state index is 11.9. The van der Waals surface area contributed by atoms with Gasteiger partial charge in [0.2, 0.25) is 11.9 Å². The van der Waals surface area contributed by atoms with Gasteiger partial charge in [0, 0.05) is 44.1 Å². The van der Waals surface area contributed by atoms with Crippen molar-refractivity contribution in [1.29, 1.82) is 0 Å². The van der Waals surface area contributed by atoms with Crippen molar-refractivity contribution in [2.75, 3.05) is 73.2 Å². The van der Waals surface area contributed by atoms with Gasteiger partial charge in [0.05, 0.1) is 59.8 Å². The number of azo groups is 2. The van der Waals surface area contributed by atoms with E-state index < -0.39 is 20.7 Å². The van der Waals surface area contributed by atoms with Crippen molar-refractivity contribution in [3.8, 4) is 11.5 Å². The maximum absolute atomic E-state index is 11.9. The number of methoxy groups -OCH3 is 2. The first-order valence-electron chi connectivity index (χ1n) is 19.8. The quantitative estimate of drug-likeness (QED) is 0.0322. The van der Waals surface area contributed by atoms with Gasteiger partial charge in [-0.25, -0.2) is 0 Å². The molecule has 0 atom stereocenters. The van der Waals surface area contributed by atoms with Crippen LogP contribution < -0.4 is 29.9 Å². The van der Waals surface area contributed by atoms with E-state index in [1.807, 2.05) is 63.2 Å². The van der Waals surface area contributed by atoms with Gasteiger partial charge in [0.1, 0.15) is 22.9 Å². The Hall–Kier alpha value is -6.27. The molecule has 0 amide bonds. The second-order valence-corrected chi connectivity index (χ2v) is 16.2. The first kappa shape index (κ1) is 50.4. The van der Waals surface area contributed by atoms with Crippen molar-refractivity contribution in [2.24, 2.45) is 20.5 Å². The fraction of sp³-hybridized carbons (Fsp3) is 0.341. The summed E-state index contributed by atoms with van der Waals surface area (Å²) in [5, 5.41) is 34.8. The number of ether oxygens (including phenoxy) is 2. The second-order valence-electron chi connectivity index (χ2n) is 13.3. The molecule has 0 spiro atoms. The second kappa shape index (κ2) is 24.0. The molecule has 1 heterocycles. The molecule has 342 valence electrons. The lowest BCUT2D eigenvalue weighted by atomic mass is 10.2. The summed E-state index contributed by atoms with van der Waals surface area (Å²) in [5.41, 5.74) is 5.92. The average Bonchev–Trinajstić information content (AvgIpc) is 3.26. The third-order valence-electron chi connectivity index (χ3n) is 9.36. The number of aliphatic hydroxyl groups is 1. The maximum Gasteiger partial charge on any atom is 0.425 e. The number of aromatic nitrogens is 3. The molecule has 0 saturated heterocycles. The van der Waals surface area contributed by atoms with Gasteiger partial charge in [0.25, 0.3) is 10.1 Å². The minimum atomic E-state index is -4.48. The van der Waals surface area contributed by atoms with Crippen LogP contribution in [0.15, 0.2) is 97.2 Å². The van der Waals surface area contributed by atoms with Gasteiger partial charge in [-0.15, -0.1) is 22.9 Å². The van der Waals surface area contributed by atoms with E-state index in [9.17, 15) is 18.1 Å². The molecule has 0 aliphatic rings. The summed E-state index contributed by atoms with van der Waals surface area (Å²) in [5.74, 6) is 1.78. The van der Waals surface area contributed by atoms with Crippen LogP contribution in [0.2, 0.25) is 0 Å². The number of hydrogen-bond donors (Lipinski definition) is 4. The van der Waals surface area contributed by atoms with E-state index in [1.165, 1.54) is 30.0 Å². The molecule has 64 heavy (non-hydrogen) atoms. The number of hydrogen-bond acceptors (Lipinski definition) is 20. The number of aliphatic hydroxyl groups excluding tert-OH is 1. The lowest BCUT2D eigenvalue weighted by Gasteiger charge is -2.25. The molecule has 0 bridgehead atoms. The minimum absolute atomic E-state index is 0.106. The van der Waals surface area contributed by atoms with Crippen molar-refractivity contribution in [1.82, 2.24) is 15.0 Å². The molecule has 4 aromatic carbocycles. The largest absolute Gasteiger partial charge is 0.494 e. The third kappa shape index (κ3) is 13.9. The molecular formula is C41H51N11O9S3. The minimum Gasteiger partial charge on any atom is -0.494 e. The monoisotopic (exact) mass is 937 g/mol. The van der Waals surface area contributed by atoms with Crippen molar-refractivity contribution in [3.05, 3.63) is 77.9 Å². The van der Waals surface area contributed by atoms with Crippen LogP contribution in [0.1, 0.15) is 38.8 Å². The van der Waals surface area contributed by atoms with Gasteiger partial charge in [-0.1, -0.05) is 36.0 Å². The summed E-state index contributed by atoms with van der Waals surface area (Å²) in [7, 11) is -4.42. The predicted molar refractivity (Wildman–Crippen MR) is 248 cm³/mol. The van der Waals surface area contributed by atoms with Gasteiger partial charge >= 0.3 is 10.6 Å². The van der Waals surface area contributed by atoms with Crippen LogP contribution in [0.25, 0.3) is 0 Å². The van der Waals surface area contributed by atoms with Crippen molar-refractivity contribution >= 4 is 89.9 Å². The van der Waals surface area contributed by atoms with Gasteiger partial charge in [-0.05, 0) is 83.0 Å². The SMILES string of the molecule is CCN(CC)c1cc(Nc2nc(Nc3cc(N(CC)CC)c(OC)cc3N=Nc3cc(S(=O)(=O)O)ccc3C)nc(SCCO)n2)c(N=Nc2ccccc2C)cc1OC.O=S(=O)=O. The van der Waals surface area contributed by atoms with E-state index in [4.69, 9.17) is 32.1 Å². The zero-order valence-electron chi connectivity index (χ0n) is 36.6. The van der Waals surface area contributed by atoms with E-state index in [0.717, 1.165) is 30.0 Å². The lowest BCUT2D eigenvalue weighted by Crippen LogP contribution is -2.22. The Bertz CT molecular complexity index is 2680. The highest BCUT2D eigenvalue weighted by molar-refractivity contribution is 7.99. The third-order valence-corrected chi connectivity index (χ3v) is 11.0. The van der Waals surface area contributed by atoms with E-state index in [2.05, 4.69) is 59.7 Å². The normalized spacial score (nSPS) is 11.3. The van der Waals surface area contributed by atoms with Crippen molar-refractivity contribution in [3.63, 3.8) is 0 Å². The Morgan fingerprint density at radius 1 is 0.672 bits per heavy atom. The summed E-state index contributed by atoms with van der Waals surface area (Å²) < 4.78 is 70.5. The lowest BCUT2D eigenvalue weighted by molar-refractivity contribution is 0.322. The fourth-order valence-electron chi connectivity index (χ4n) is 6.09. The molecule has 0 saturated carbocycles. The summed E-state index contributed by atoms with van der Waals surface area (Å²) in [6.45, 7) is 14.6. The number of nitrogens with zero attached hydrogens (tertiary/aromatic N) is 9. The van der Waals surface area contributed by atoms with Crippen LogP contribution in [0.4, 0.5) is 57.4 Å². The molecule has 20 nitrogen and oxygen atoms in total. The predicted octanol–water partition coefficient (Wildman–Crippen LogP) is 8.84. The number of nitrogens with one attached hydrogen (secondary N) is 2. The smallest absolute Gasteiger partial charge is 0.425 e. The highest BCUT2D eigenvalue weighted by Crippen LogP contribution is 2.43. The Kier molecular flexibility index (Phi) is 18.9. The molecule has 0 radical (unpaired) electrons. The number of rotatable bonds is 20. The van der Waals surface area contributed by atoms with Crippen molar-refractivity contribution < 1.29 is 40.2 Å². The van der Waals surface area contributed by atoms with Gasteiger partial charge in [-0.3, -0.25) is 4.55 Å². The summed E-state index contributed by atoms with van der Waals surface area (Å²) >= 11 is 1.24. The Labute approximate surface area is 378 Å². The summed E-state index contributed by atoms with van der Waals surface area (Å²) in [6, 6.07) is 19.1. The molecule has 5 rings (SSSR count). The fourth-order valence-corrected chi connectivity index (χ4v) is 7.17. The highest BCUT2D eigenvalue weighted by Gasteiger charge is 2.20. The van der Waals surface area contributed by atoms with E-state index in [0.29, 0.717) is 69.5 Å². The Morgan fingerprint density at radius 3 is 1.56 bits per heavy atom. The van der Waals surface area contributed by atoms with Crippen LogP contribution >= 0.6 is 11.8 Å². The van der Waals surface area contributed by atoms with E-state index in [-0.39, 0.29) is 29.1 Å². The summed E-state index contributed by atoms with van der Waals surface area (Å²) in [4.78, 5) is 18.1. The molecular weight excluding hydrogens is 887 g/mol. The molecule has 23 heteroatoms. The number of thioether (sulfide) groups is 1. The first-order valence-corrected chi connectivity index (χ1v) is 23.2. The van der Waals surface area contributed by atoms with Crippen LogP contribution in [0.3, 0.4) is 0 Å². The van der Waals surface area contributed by atoms with E-state index in [1.54, 1.807) is 27.2 Å². The van der Waals surface area contributed by atoms with Crippen LogP contribution in [-0.4, -0.2) is 98.4 Å². The van der Waals surface area contributed by atoms with Gasteiger partial charge < -0.3 is 35.0 Å². The van der Waals surface area contributed by atoms with Crippen LogP contribution in [-0.2, 0) is 20.7 Å². The number of benzene rings is 4. The van der Waals surface area contributed by atoms with Crippen LogP contribution in [0.5, 0.6) is 11.5 Å². The summed E-state index contributed by atoms with van der Waals surface area (Å²) in [6.07, 6.45) is 0. The Morgan fingerprint density at radius 2 is 1.12 bits per heavy atom. The standard InChI is InChI=1S/C41H51N11O6S2.O3S/c1-9-51(10-2)35-22-31(33(24-37(35)57-7)49-47-29-16-14-13-15-26(29)5)42-39-44-40(46-41(45-39)59-20-19-53)43-32-23-36(52(11-3)12-4)38(58-8)25-34(32)50-48-30-21-28(60(54,55)56)18-17-27(30)6;1-4(2)3/h13-18,21-25,53H,9-12,19-20H2,1-8H3,(H,54,55,56)(H2,42,43,44,45,46);. The zero-order valence-corrected chi connectivity index (χ0v) is 39.0. The molecule has 4 N–H and O–H groups in total. The van der Waals surface area contributed by atoms with Gasteiger partial charge in [0.15, 0.2) is 5.16 Å². The molecule has 0 aliphatic carbocycles. The number of anilines is 6. The zero-order chi connectivity index (χ0) is 47.0. The molecule has 5 aromatic rings. The molecule has 1 aromatic heterocycles. The molecule has 0 aliphatic heterocycles. The Balaban J connectivity index is 0.00000215. The molecule has 0 unspecified atom stereocenters. The average molecular weight is 938 g/mol. The van der Waals surface area contributed by atoms with Crippen molar-refractivity contribution in [2.45, 2.75) is 51.6 Å².